The van der Waals surface area contributed by atoms with E-state index < -0.39 is 17.5 Å². The molecule has 0 aliphatic carbocycles. The van der Waals surface area contributed by atoms with Crippen molar-refractivity contribution >= 4 is 34.0 Å². The fourth-order valence-electron chi connectivity index (χ4n) is 4.28. The maximum Gasteiger partial charge on any atom is 0.295 e. The van der Waals surface area contributed by atoms with Gasteiger partial charge >= 0.3 is 0 Å². The number of carbonyl (C=O) groups excluding carboxylic acids is 2. The van der Waals surface area contributed by atoms with Crippen molar-refractivity contribution in [1.29, 1.82) is 5.26 Å². The van der Waals surface area contributed by atoms with E-state index in [2.05, 4.69) is 27.0 Å². The number of halogens is 1. The summed E-state index contributed by atoms with van der Waals surface area (Å²) in [5, 5.41) is 11.2. The van der Waals surface area contributed by atoms with Crippen LogP contribution in [0.2, 0.25) is 0 Å². The summed E-state index contributed by atoms with van der Waals surface area (Å²) in [6.07, 6.45) is 6.62. The number of H-pyrrole nitrogens is 1. The Hall–Kier alpha value is -4.49. The molecule has 10 heteroatoms. The summed E-state index contributed by atoms with van der Waals surface area (Å²) in [7, 11) is 0. The van der Waals surface area contributed by atoms with E-state index in [1.54, 1.807) is 12.4 Å². The Balaban J connectivity index is 1.37. The summed E-state index contributed by atoms with van der Waals surface area (Å²) in [5.41, 5.74) is 8.23. The van der Waals surface area contributed by atoms with E-state index in [0.29, 0.717) is 42.8 Å². The molecule has 1 saturated heterocycles. The third-order valence-corrected chi connectivity index (χ3v) is 5.98. The molecule has 9 nitrogen and oxygen atoms in total. The number of fused-ring (bicyclic) bond motifs is 1. The predicted octanol–water partition coefficient (Wildman–Crippen LogP) is 2.78. The standard InChI is InChI=1S/C24H20FN7O2/c25-19-14-28-23(32-11-8-29-30-32)21-20(19)18(13-27-21)22(33)24(34)31-9-6-16(7-10-31)17(12-26)15-4-2-1-3-5-15/h1-5,8,11,13-14,27,29-30H,6-7,9-10H2. The predicted molar refractivity (Wildman–Crippen MR) is 123 cm³/mol. The number of hydrogen-bond acceptors (Lipinski definition) is 7. The van der Waals surface area contributed by atoms with Crippen molar-refractivity contribution < 1.29 is 14.0 Å². The first-order valence-electron chi connectivity index (χ1n) is 10.7. The van der Waals surface area contributed by atoms with Gasteiger partial charge in [-0.25, -0.2) is 14.4 Å². The summed E-state index contributed by atoms with van der Waals surface area (Å²) in [6.45, 7) is 0.619. The molecule has 2 aliphatic heterocycles. The highest BCUT2D eigenvalue weighted by molar-refractivity contribution is 6.45. The van der Waals surface area contributed by atoms with E-state index in [9.17, 15) is 19.2 Å². The van der Waals surface area contributed by atoms with Gasteiger partial charge in [0.05, 0.1) is 34.3 Å². The Bertz CT molecular complexity index is 1380. The number of aromatic nitrogens is 2. The number of benzene rings is 1. The third kappa shape index (κ3) is 3.68. The van der Waals surface area contributed by atoms with Crippen LogP contribution in [0.25, 0.3) is 16.5 Å². The lowest BCUT2D eigenvalue weighted by molar-refractivity contribution is -0.126. The molecule has 2 aliphatic rings. The maximum atomic E-state index is 14.7. The minimum atomic E-state index is -0.790. The number of carbonyl (C=O) groups is 2. The van der Waals surface area contributed by atoms with Gasteiger partial charge in [0.2, 0.25) is 0 Å². The van der Waals surface area contributed by atoms with Crippen molar-refractivity contribution in [3.05, 3.63) is 77.6 Å². The van der Waals surface area contributed by atoms with E-state index in [-0.39, 0.29) is 10.9 Å². The quantitative estimate of drug-likeness (QED) is 0.313. The van der Waals surface area contributed by atoms with Gasteiger partial charge in [-0.05, 0) is 24.0 Å². The number of nitrogens with one attached hydrogen (secondary N) is 3. The number of nitriles is 1. The number of hydrogen-bond donors (Lipinski definition) is 3. The molecule has 170 valence electrons. The van der Waals surface area contributed by atoms with Crippen LogP contribution in [0.1, 0.15) is 28.8 Å². The average Bonchev–Trinajstić information content (AvgIpc) is 3.56. The van der Waals surface area contributed by atoms with E-state index in [4.69, 9.17) is 0 Å². The Morgan fingerprint density at radius 2 is 1.91 bits per heavy atom. The summed E-state index contributed by atoms with van der Waals surface area (Å²) >= 11 is 0. The first kappa shape index (κ1) is 21.4. The van der Waals surface area contributed by atoms with Crippen molar-refractivity contribution in [2.24, 2.45) is 0 Å². The third-order valence-electron chi connectivity index (χ3n) is 5.98. The molecule has 5 rings (SSSR count). The number of pyridine rings is 1. The van der Waals surface area contributed by atoms with Gasteiger partial charge in [0.25, 0.3) is 11.7 Å². The Morgan fingerprint density at radius 1 is 1.15 bits per heavy atom. The highest BCUT2D eigenvalue weighted by Gasteiger charge is 2.30. The molecule has 3 N–H and O–H groups in total. The Morgan fingerprint density at radius 3 is 2.59 bits per heavy atom. The molecule has 1 fully saturated rings. The molecule has 2 aromatic heterocycles. The molecule has 0 saturated carbocycles. The van der Waals surface area contributed by atoms with Crippen LogP contribution in [-0.2, 0) is 4.79 Å². The normalized spacial score (nSPS) is 15.4. The van der Waals surface area contributed by atoms with Gasteiger partial charge in [-0.2, -0.15) is 5.26 Å². The molecular weight excluding hydrogens is 437 g/mol. The molecule has 0 atom stereocenters. The number of rotatable bonds is 4. The van der Waals surface area contributed by atoms with Crippen LogP contribution in [0.4, 0.5) is 10.2 Å². The number of amides is 1. The van der Waals surface area contributed by atoms with E-state index in [0.717, 1.165) is 17.3 Å². The number of Topliss-reactive ketones (excluding diaryl/α,β-unsaturated/α-hetero) is 1. The Labute approximate surface area is 194 Å². The topological polar surface area (TPSA) is 117 Å². The van der Waals surface area contributed by atoms with Crippen LogP contribution in [0.15, 0.2) is 60.7 Å². The Kier molecular flexibility index (Phi) is 5.53. The first-order valence-corrected chi connectivity index (χ1v) is 10.7. The highest BCUT2D eigenvalue weighted by atomic mass is 19.1. The number of nitrogens with zero attached hydrogens (tertiary/aromatic N) is 4. The van der Waals surface area contributed by atoms with Gasteiger partial charge in [-0.1, -0.05) is 30.3 Å². The number of anilines is 1. The van der Waals surface area contributed by atoms with Crippen LogP contribution in [0.3, 0.4) is 0 Å². The van der Waals surface area contributed by atoms with Gasteiger partial charge in [-0.15, -0.1) is 5.53 Å². The SMILES string of the molecule is N#CC(=C1CCN(C(=O)C(=O)c2c[nH]c3c(N4C=CNN4)ncc(F)c23)CC1)c1ccccc1. The summed E-state index contributed by atoms with van der Waals surface area (Å²) in [4.78, 5) is 34.5. The smallest absolute Gasteiger partial charge is 0.295 e. The molecule has 0 radical (unpaired) electrons. The molecular formula is C24H20FN7O2. The molecule has 0 unspecified atom stereocenters. The number of likely N-dealkylation sites (tertiary alicyclic amines) is 1. The molecule has 3 aromatic rings. The molecule has 0 spiro atoms. The zero-order chi connectivity index (χ0) is 23.7. The van der Waals surface area contributed by atoms with Gasteiger partial charge in [-0.3, -0.25) is 9.59 Å². The van der Waals surface area contributed by atoms with Crippen LogP contribution in [0.5, 0.6) is 0 Å². The lowest BCUT2D eigenvalue weighted by Gasteiger charge is -2.28. The van der Waals surface area contributed by atoms with Gasteiger partial charge < -0.3 is 15.3 Å². The molecule has 0 bridgehead atoms. The highest BCUT2D eigenvalue weighted by Crippen LogP contribution is 2.30. The number of ketones is 1. The lowest BCUT2D eigenvalue weighted by atomic mass is 9.93. The second-order valence-corrected chi connectivity index (χ2v) is 7.90. The minimum Gasteiger partial charge on any atom is -0.357 e. The summed E-state index contributed by atoms with van der Waals surface area (Å²) in [6, 6.07) is 11.7. The van der Waals surface area contributed by atoms with Gasteiger partial charge in [0, 0.05) is 31.7 Å². The zero-order valence-electron chi connectivity index (χ0n) is 18.0. The number of allylic oxidation sites excluding steroid dienone is 1. The average molecular weight is 457 g/mol. The molecule has 1 aromatic carbocycles. The number of aromatic amines is 1. The second kappa shape index (κ2) is 8.80. The van der Waals surface area contributed by atoms with E-state index in [1.807, 2.05) is 30.3 Å². The fraction of sp³-hybridized carbons (Fsp3) is 0.167. The molecule has 4 heterocycles. The first-order chi connectivity index (χ1) is 16.6. The summed E-state index contributed by atoms with van der Waals surface area (Å²) in [5.74, 6) is -1.84. The zero-order valence-corrected chi connectivity index (χ0v) is 18.0. The van der Waals surface area contributed by atoms with Crippen LogP contribution in [-0.4, -0.2) is 39.6 Å². The van der Waals surface area contributed by atoms with Crippen molar-refractivity contribution in [3.8, 4) is 6.07 Å². The molecule has 34 heavy (non-hydrogen) atoms. The van der Waals surface area contributed by atoms with E-state index in [1.165, 1.54) is 16.1 Å². The monoisotopic (exact) mass is 457 g/mol. The summed E-state index contributed by atoms with van der Waals surface area (Å²) < 4.78 is 14.7. The lowest BCUT2D eigenvalue weighted by Crippen LogP contribution is -2.40. The van der Waals surface area contributed by atoms with Crippen molar-refractivity contribution in [3.63, 3.8) is 0 Å². The van der Waals surface area contributed by atoms with Crippen molar-refractivity contribution in [2.45, 2.75) is 12.8 Å². The number of piperidine rings is 1. The second-order valence-electron chi connectivity index (χ2n) is 7.90. The number of hydrazine groups is 2. The van der Waals surface area contributed by atoms with Crippen LogP contribution >= 0.6 is 0 Å². The maximum absolute atomic E-state index is 14.7. The largest absolute Gasteiger partial charge is 0.357 e. The molecule has 1 amide bonds. The van der Waals surface area contributed by atoms with Gasteiger partial charge in [0.15, 0.2) is 11.6 Å². The van der Waals surface area contributed by atoms with E-state index >= 15 is 0 Å². The van der Waals surface area contributed by atoms with Crippen molar-refractivity contribution in [2.75, 3.05) is 18.1 Å². The van der Waals surface area contributed by atoms with Crippen LogP contribution in [0, 0.1) is 17.1 Å². The van der Waals surface area contributed by atoms with Gasteiger partial charge in [0.1, 0.15) is 0 Å². The fourth-order valence-corrected chi connectivity index (χ4v) is 4.28. The van der Waals surface area contributed by atoms with Crippen LogP contribution < -0.4 is 16.0 Å². The minimum absolute atomic E-state index is 0.0129. The van der Waals surface area contributed by atoms with Crippen molar-refractivity contribution in [1.82, 2.24) is 25.8 Å².